The van der Waals surface area contributed by atoms with Gasteiger partial charge in [-0.05, 0) is 36.9 Å². The van der Waals surface area contributed by atoms with Crippen molar-refractivity contribution in [3.05, 3.63) is 0 Å². The van der Waals surface area contributed by atoms with Gasteiger partial charge in [-0.3, -0.25) is 9.59 Å². The van der Waals surface area contributed by atoms with Gasteiger partial charge in [-0.25, -0.2) is 4.79 Å². The maximum absolute atomic E-state index is 10.5. The van der Waals surface area contributed by atoms with Crippen LogP contribution in [0.2, 0.25) is 0 Å². The number of carbonyl (C=O) groups is 3. The first kappa shape index (κ1) is 22.4. The number of aliphatic carboxylic acids is 2. The minimum atomic E-state index is -0.973. The van der Waals surface area contributed by atoms with Gasteiger partial charge in [-0.15, -0.1) is 0 Å². The maximum Gasteiger partial charge on any atom is 0.326 e. The van der Waals surface area contributed by atoms with Crippen LogP contribution in [0.25, 0.3) is 0 Å². The highest BCUT2D eigenvalue weighted by Crippen LogP contribution is 2.00. The van der Waals surface area contributed by atoms with Crippen molar-refractivity contribution in [2.45, 2.75) is 31.8 Å². The molecule has 0 saturated carbocycles. The van der Waals surface area contributed by atoms with Gasteiger partial charge in [-0.2, -0.15) is 23.5 Å². The summed E-state index contributed by atoms with van der Waals surface area (Å²) in [6, 6.07) is -1.42. The Morgan fingerprint density at radius 1 is 1.05 bits per heavy atom. The maximum atomic E-state index is 10.5. The van der Waals surface area contributed by atoms with Crippen LogP contribution in [-0.4, -0.2) is 64.2 Å². The van der Waals surface area contributed by atoms with Crippen LogP contribution >= 0.6 is 23.5 Å². The third-order valence-electron chi connectivity index (χ3n) is 2.24. The Labute approximate surface area is 133 Å². The molecule has 7 nitrogen and oxygen atoms in total. The van der Waals surface area contributed by atoms with Gasteiger partial charge in [0.15, 0.2) is 0 Å². The van der Waals surface area contributed by atoms with E-state index in [-0.39, 0.29) is 5.91 Å². The third kappa shape index (κ3) is 15.3. The Hall–Kier alpha value is -0.930. The molecule has 0 aromatic carbocycles. The van der Waals surface area contributed by atoms with Crippen LogP contribution in [-0.2, 0) is 14.4 Å². The highest BCUT2D eigenvalue weighted by Gasteiger charge is 2.16. The number of carboxylic acids is 2. The standard InChI is InChI=1S/C7H13NO3S.C5H11NO2S/c1-5(9)8-6(7(10)11)3-4-12-2;1-9-3-2-4(6)5(7)8/h6H,3-4H2,1-2H3,(H,8,9)(H,10,11);4H,2-3,6H2,1H3,(H,7,8)/t;4-/m.0/s1. The van der Waals surface area contributed by atoms with Crippen molar-refractivity contribution in [1.82, 2.24) is 5.32 Å². The average molecular weight is 340 g/mol. The van der Waals surface area contributed by atoms with E-state index in [2.05, 4.69) is 5.32 Å². The molecule has 0 spiro atoms. The summed E-state index contributed by atoms with van der Waals surface area (Å²) in [6.45, 7) is 1.31. The lowest BCUT2D eigenvalue weighted by atomic mass is 10.2. The van der Waals surface area contributed by atoms with E-state index >= 15 is 0 Å². The Balaban J connectivity index is 0. The number of rotatable bonds is 9. The molecular weight excluding hydrogens is 316 g/mol. The zero-order valence-corrected chi connectivity index (χ0v) is 14.1. The molecule has 0 radical (unpaired) electrons. The van der Waals surface area contributed by atoms with Gasteiger partial charge in [-0.1, -0.05) is 0 Å². The number of carbonyl (C=O) groups excluding carboxylic acids is 1. The van der Waals surface area contributed by atoms with Gasteiger partial charge < -0.3 is 21.3 Å². The molecule has 0 aliphatic heterocycles. The Bertz CT molecular complexity index is 329. The molecule has 0 rings (SSSR count). The summed E-state index contributed by atoms with van der Waals surface area (Å²) in [7, 11) is 0. The van der Waals surface area contributed by atoms with E-state index < -0.39 is 24.0 Å². The molecular formula is C12H24N2O5S2. The summed E-state index contributed by atoms with van der Waals surface area (Å²) < 4.78 is 0. The van der Waals surface area contributed by atoms with E-state index in [4.69, 9.17) is 15.9 Å². The fourth-order valence-corrected chi connectivity index (χ4v) is 2.07. The van der Waals surface area contributed by atoms with E-state index in [1.165, 1.54) is 6.92 Å². The van der Waals surface area contributed by atoms with Crippen molar-refractivity contribution in [2.24, 2.45) is 5.73 Å². The topological polar surface area (TPSA) is 130 Å². The van der Waals surface area contributed by atoms with Gasteiger partial charge in [0.25, 0.3) is 0 Å². The Morgan fingerprint density at radius 3 is 1.86 bits per heavy atom. The summed E-state index contributed by atoms with van der Waals surface area (Å²) in [6.07, 6.45) is 4.84. The molecule has 1 amide bonds. The van der Waals surface area contributed by atoms with Gasteiger partial charge in [0.1, 0.15) is 12.1 Å². The molecule has 0 aliphatic carbocycles. The molecule has 0 fully saturated rings. The van der Waals surface area contributed by atoms with Gasteiger partial charge >= 0.3 is 11.9 Å². The van der Waals surface area contributed by atoms with E-state index in [9.17, 15) is 14.4 Å². The smallest absolute Gasteiger partial charge is 0.326 e. The highest BCUT2D eigenvalue weighted by atomic mass is 32.2. The summed E-state index contributed by atoms with van der Waals surface area (Å²) in [5.41, 5.74) is 5.19. The van der Waals surface area contributed by atoms with Gasteiger partial charge in [0, 0.05) is 6.92 Å². The number of hydrogen-bond acceptors (Lipinski definition) is 6. The van der Waals surface area contributed by atoms with Crippen LogP contribution in [0.5, 0.6) is 0 Å². The van der Waals surface area contributed by atoms with Crippen molar-refractivity contribution in [3.8, 4) is 0 Å². The third-order valence-corrected chi connectivity index (χ3v) is 3.52. The SMILES string of the molecule is CSCCC(NC(C)=O)C(=O)O.CSCC[C@H](N)C(=O)O. The van der Waals surface area contributed by atoms with Crippen molar-refractivity contribution >= 4 is 41.4 Å². The average Bonchev–Trinajstić information content (AvgIpc) is 2.40. The Morgan fingerprint density at radius 2 is 1.52 bits per heavy atom. The minimum absolute atomic E-state index is 0.302. The number of carboxylic acid groups (broad SMARTS) is 2. The van der Waals surface area contributed by atoms with E-state index in [0.29, 0.717) is 12.8 Å². The highest BCUT2D eigenvalue weighted by molar-refractivity contribution is 7.98. The normalized spacial score (nSPS) is 12.6. The molecule has 0 heterocycles. The molecule has 0 bridgehead atoms. The van der Waals surface area contributed by atoms with Crippen LogP contribution in [0.1, 0.15) is 19.8 Å². The Kier molecular flexibility index (Phi) is 14.9. The monoisotopic (exact) mass is 340 g/mol. The second kappa shape index (κ2) is 14.0. The largest absolute Gasteiger partial charge is 0.480 e. The number of hydrogen-bond donors (Lipinski definition) is 4. The lowest BCUT2D eigenvalue weighted by Gasteiger charge is -2.11. The molecule has 2 atom stereocenters. The van der Waals surface area contributed by atoms with Crippen molar-refractivity contribution in [3.63, 3.8) is 0 Å². The zero-order chi connectivity index (χ0) is 16.8. The van der Waals surface area contributed by atoms with Crippen molar-refractivity contribution < 1.29 is 24.6 Å². The van der Waals surface area contributed by atoms with E-state index in [1.807, 2.05) is 12.5 Å². The number of thioether (sulfide) groups is 2. The number of nitrogens with two attached hydrogens (primary N) is 1. The summed E-state index contributed by atoms with van der Waals surface area (Å²) in [5, 5.41) is 19.3. The molecule has 1 unspecified atom stereocenters. The van der Waals surface area contributed by atoms with Crippen LogP contribution in [0, 0.1) is 0 Å². The fraction of sp³-hybridized carbons (Fsp3) is 0.750. The number of amides is 1. The lowest BCUT2D eigenvalue weighted by Crippen LogP contribution is -2.39. The second-order valence-electron chi connectivity index (χ2n) is 4.10. The number of nitrogens with one attached hydrogen (secondary N) is 1. The first-order chi connectivity index (χ1) is 9.76. The molecule has 0 aliphatic rings. The van der Waals surface area contributed by atoms with Crippen LogP contribution in [0.3, 0.4) is 0 Å². The molecule has 124 valence electrons. The van der Waals surface area contributed by atoms with Crippen LogP contribution in [0.4, 0.5) is 0 Å². The van der Waals surface area contributed by atoms with Crippen LogP contribution < -0.4 is 11.1 Å². The zero-order valence-electron chi connectivity index (χ0n) is 12.5. The summed E-state index contributed by atoms with van der Waals surface area (Å²) in [4.78, 5) is 31.1. The molecule has 0 aromatic heterocycles. The van der Waals surface area contributed by atoms with Gasteiger partial charge in [0.05, 0.1) is 0 Å². The summed E-state index contributed by atoms with van der Waals surface area (Å²) in [5.74, 6) is -0.642. The lowest BCUT2D eigenvalue weighted by molar-refractivity contribution is -0.141. The molecule has 9 heteroatoms. The fourth-order valence-electron chi connectivity index (χ4n) is 1.11. The molecule has 0 aromatic rings. The second-order valence-corrected chi connectivity index (χ2v) is 6.07. The molecule has 0 saturated heterocycles. The minimum Gasteiger partial charge on any atom is -0.480 e. The predicted molar refractivity (Wildman–Crippen MR) is 86.8 cm³/mol. The first-order valence-electron chi connectivity index (χ1n) is 6.22. The molecule has 21 heavy (non-hydrogen) atoms. The quantitative estimate of drug-likeness (QED) is 0.477. The predicted octanol–water partition coefficient (Wildman–Crippen LogP) is 0.480. The van der Waals surface area contributed by atoms with E-state index in [0.717, 1.165) is 11.5 Å². The van der Waals surface area contributed by atoms with E-state index in [1.54, 1.807) is 23.5 Å². The van der Waals surface area contributed by atoms with Crippen LogP contribution in [0.15, 0.2) is 0 Å². The van der Waals surface area contributed by atoms with Gasteiger partial charge in [0.2, 0.25) is 5.91 Å². The summed E-state index contributed by atoms with van der Waals surface area (Å²) >= 11 is 3.16. The van der Waals surface area contributed by atoms with Crippen molar-refractivity contribution in [1.29, 1.82) is 0 Å². The van der Waals surface area contributed by atoms with Crippen molar-refractivity contribution in [2.75, 3.05) is 24.0 Å². The molecule has 5 N–H and O–H groups in total. The first-order valence-corrected chi connectivity index (χ1v) is 9.01.